The standard InChI is InChI=1S/C18H20N2O3/c1-3-14-7-5-9-16(11-14)23-12-17(21)19-20-18(22)15-8-4-6-13(2)10-15/h4-11H,3,12H2,1-2H3,(H,19,21)(H,20,22). The van der Waals surface area contributed by atoms with Crippen molar-refractivity contribution < 1.29 is 14.3 Å². The van der Waals surface area contributed by atoms with Crippen LogP contribution in [-0.4, -0.2) is 18.4 Å². The molecule has 0 saturated heterocycles. The van der Waals surface area contributed by atoms with Gasteiger partial charge in [0.2, 0.25) is 0 Å². The molecule has 0 fully saturated rings. The van der Waals surface area contributed by atoms with E-state index in [0.717, 1.165) is 17.5 Å². The van der Waals surface area contributed by atoms with Gasteiger partial charge in [-0.15, -0.1) is 0 Å². The molecule has 0 saturated carbocycles. The zero-order valence-electron chi connectivity index (χ0n) is 13.3. The number of hydrogen-bond acceptors (Lipinski definition) is 3. The minimum absolute atomic E-state index is 0.165. The number of rotatable bonds is 5. The zero-order chi connectivity index (χ0) is 16.7. The Hall–Kier alpha value is -2.82. The van der Waals surface area contributed by atoms with Gasteiger partial charge in [0, 0.05) is 5.56 Å². The van der Waals surface area contributed by atoms with Crippen molar-refractivity contribution in [3.8, 4) is 5.75 Å². The first-order valence-electron chi connectivity index (χ1n) is 7.46. The van der Waals surface area contributed by atoms with Crippen LogP contribution in [0, 0.1) is 6.92 Å². The Labute approximate surface area is 135 Å². The lowest BCUT2D eigenvalue weighted by Gasteiger charge is -2.09. The monoisotopic (exact) mass is 312 g/mol. The SMILES string of the molecule is CCc1cccc(OCC(=O)NNC(=O)c2cccc(C)c2)c1. The van der Waals surface area contributed by atoms with E-state index in [-0.39, 0.29) is 12.5 Å². The Morgan fingerprint density at radius 2 is 1.83 bits per heavy atom. The van der Waals surface area contributed by atoms with E-state index in [9.17, 15) is 9.59 Å². The fraction of sp³-hybridized carbons (Fsp3) is 0.222. The lowest BCUT2D eigenvalue weighted by atomic mass is 10.1. The van der Waals surface area contributed by atoms with Crippen LogP contribution in [0.15, 0.2) is 48.5 Å². The summed E-state index contributed by atoms with van der Waals surface area (Å²) in [5.74, 6) is -0.160. The predicted octanol–water partition coefficient (Wildman–Crippen LogP) is 2.40. The van der Waals surface area contributed by atoms with Crippen LogP contribution in [0.3, 0.4) is 0 Å². The second-order valence-corrected chi connectivity index (χ2v) is 5.16. The maximum atomic E-state index is 11.9. The third-order valence-electron chi connectivity index (χ3n) is 3.27. The van der Waals surface area contributed by atoms with Crippen LogP contribution in [0.5, 0.6) is 5.75 Å². The molecule has 0 bridgehead atoms. The smallest absolute Gasteiger partial charge is 0.276 e. The molecule has 0 aliphatic heterocycles. The molecule has 2 aromatic rings. The molecule has 0 aliphatic carbocycles. The minimum Gasteiger partial charge on any atom is -0.484 e. The molecule has 120 valence electrons. The molecule has 2 rings (SSSR count). The fourth-order valence-electron chi connectivity index (χ4n) is 2.03. The van der Waals surface area contributed by atoms with Gasteiger partial charge in [-0.05, 0) is 43.2 Å². The Morgan fingerprint density at radius 3 is 2.57 bits per heavy atom. The summed E-state index contributed by atoms with van der Waals surface area (Å²) in [4.78, 5) is 23.6. The van der Waals surface area contributed by atoms with Crippen LogP contribution in [0.4, 0.5) is 0 Å². The van der Waals surface area contributed by atoms with E-state index in [1.807, 2.05) is 38.1 Å². The molecule has 0 radical (unpaired) electrons. The first-order valence-corrected chi connectivity index (χ1v) is 7.46. The lowest BCUT2D eigenvalue weighted by Crippen LogP contribution is -2.43. The molecule has 5 heteroatoms. The molecule has 2 amide bonds. The summed E-state index contributed by atoms with van der Waals surface area (Å²) in [7, 11) is 0. The van der Waals surface area contributed by atoms with Crippen molar-refractivity contribution in [2.24, 2.45) is 0 Å². The summed E-state index contributed by atoms with van der Waals surface area (Å²) < 4.78 is 5.40. The normalized spacial score (nSPS) is 10.0. The van der Waals surface area contributed by atoms with E-state index in [1.165, 1.54) is 0 Å². The maximum Gasteiger partial charge on any atom is 0.276 e. The average molecular weight is 312 g/mol. The summed E-state index contributed by atoms with van der Waals surface area (Å²) in [5, 5.41) is 0. The van der Waals surface area contributed by atoms with E-state index < -0.39 is 5.91 Å². The molecule has 0 unspecified atom stereocenters. The van der Waals surface area contributed by atoms with E-state index in [0.29, 0.717) is 11.3 Å². The number of aryl methyl sites for hydroxylation is 2. The molecule has 5 nitrogen and oxygen atoms in total. The number of hydrogen-bond donors (Lipinski definition) is 2. The molecule has 2 N–H and O–H groups in total. The first-order chi connectivity index (χ1) is 11.1. The van der Waals surface area contributed by atoms with Gasteiger partial charge in [-0.3, -0.25) is 20.4 Å². The molecule has 0 spiro atoms. The van der Waals surface area contributed by atoms with Crippen LogP contribution < -0.4 is 15.6 Å². The third kappa shape index (κ3) is 5.14. The van der Waals surface area contributed by atoms with Gasteiger partial charge < -0.3 is 4.74 Å². The number of nitrogens with one attached hydrogen (secondary N) is 2. The molecular formula is C18H20N2O3. The van der Waals surface area contributed by atoms with E-state index >= 15 is 0 Å². The quantitative estimate of drug-likeness (QED) is 0.833. The number of carbonyl (C=O) groups is 2. The van der Waals surface area contributed by atoms with Gasteiger partial charge in [0.15, 0.2) is 6.61 Å². The molecule has 0 atom stereocenters. The summed E-state index contributed by atoms with van der Waals surface area (Å²) in [6.45, 7) is 3.78. The Balaban J connectivity index is 1.79. The van der Waals surface area contributed by atoms with Crippen molar-refractivity contribution in [3.63, 3.8) is 0 Å². The van der Waals surface area contributed by atoms with Crippen molar-refractivity contribution in [1.29, 1.82) is 0 Å². The highest BCUT2D eigenvalue weighted by Gasteiger charge is 2.08. The van der Waals surface area contributed by atoms with Gasteiger partial charge in [0.25, 0.3) is 11.8 Å². The highest BCUT2D eigenvalue weighted by Crippen LogP contribution is 2.13. The van der Waals surface area contributed by atoms with Gasteiger partial charge in [0.05, 0.1) is 0 Å². The van der Waals surface area contributed by atoms with Crippen LogP contribution in [0.25, 0.3) is 0 Å². The molecular weight excluding hydrogens is 292 g/mol. The summed E-state index contributed by atoms with van der Waals surface area (Å²) in [5.41, 5.74) is 7.30. The Bertz CT molecular complexity index is 698. The summed E-state index contributed by atoms with van der Waals surface area (Å²) >= 11 is 0. The van der Waals surface area contributed by atoms with Gasteiger partial charge in [0.1, 0.15) is 5.75 Å². The highest BCUT2D eigenvalue weighted by atomic mass is 16.5. The topological polar surface area (TPSA) is 67.4 Å². The number of ether oxygens (including phenoxy) is 1. The number of benzene rings is 2. The van der Waals surface area contributed by atoms with E-state index in [1.54, 1.807) is 24.3 Å². The maximum absolute atomic E-state index is 11.9. The van der Waals surface area contributed by atoms with Crippen molar-refractivity contribution in [2.45, 2.75) is 20.3 Å². The molecule has 0 aliphatic rings. The number of amides is 2. The van der Waals surface area contributed by atoms with Crippen LogP contribution in [0.1, 0.15) is 28.4 Å². The van der Waals surface area contributed by atoms with Gasteiger partial charge in [-0.25, -0.2) is 0 Å². The Kier molecular flexibility index (Phi) is 5.74. The predicted molar refractivity (Wildman–Crippen MR) is 88.1 cm³/mol. The molecule has 23 heavy (non-hydrogen) atoms. The minimum atomic E-state index is -0.423. The van der Waals surface area contributed by atoms with Crippen molar-refractivity contribution >= 4 is 11.8 Å². The highest BCUT2D eigenvalue weighted by molar-refractivity contribution is 5.95. The van der Waals surface area contributed by atoms with E-state index in [2.05, 4.69) is 10.9 Å². The zero-order valence-corrected chi connectivity index (χ0v) is 13.3. The van der Waals surface area contributed by atoms with Crippen molar-refractivity contribution in [1.82, 2.24) is 10.9 Å². The fourth-order valence-corrected chi connectivity index (χ4v) is 2.03. The number of hydrazine groups is 1. The lowest BCUT2D eigenvalue weighted by molar-refractivity contribution is -0.123. The summed E-state index contributed by atoms with van der Waals surface area (Å²) in [6.07, 6.45) is 0.899. The third-order valence-corrected chi connectivity index (χ3v) is 3.27. The van der Waals surface area contributed by atoms with Crippen LogP contribution in [-0.2, 0) is 11.2 Å². The Morgan fingerprint density at radius 1 is 1.04 bits per heavy atom. The second-order valence-electron chi connectivity index (χ2n) is 5.16. The largest absolute Gasteiger partial charge is 0.484 e. The van der Waals surface area contributed by atoms with Crippen molar-refractivity contribution in [3.05, 3.63) is 65.2 Å². The van der Waals surface area contributed by atoms with Gasteiger partial charge in [-0.1, -0.05) is 36.8 Å². The molecule has 0 aromatic heterocycles. The summed E-state index contributed by atoms with van der Waals surface area (Å²) in [6, 6.07) is 14.7. The first kappa shape index (κ1) is 16.5. The average Bonchev–Trinajstić information content (AvgIpc) is 2.58. The van der Waals surface area contributed by atoms with Crippen LogP contribution >= 0.6 is 0 Å². The second kappa shape index (κ2) is 7.98. The van der Waals surface area contributed by atoms with Crippen molar-refractivity contribution in [2.75, 3.05) is 6.61 Å². The van der Waals surface area contributed by atoms with Crippen LogP contribution in [0.2, 0.25) is 0 Å². The van der Waals surface area contributed by atoms with Gasteiger partial charge >= 0.3 is 0 Å². The van der Waals surface area contributed by atoms with E-state index in [4.69, 9.17) is 4.74 Å². The molecule has 0 heterocycles. The van der Waals surface area contributed by atoms with Gasteiger partial charge in [-0.2, -0.15) is 0 Å². The molecule has 2 aromatic carbocycles. The number of carbonyl (C=O) groups excluding carboxylic acids is 2.